The van der Waals surface area contributed by atoms with Crippen molar-refractivity contribution in [1.82, 2.24) is 4.90 Å². The molecule has 1 aromatic carbocycles. The Morgan fingerprint density at radius 2 is 2.25 bits per heavy atom. The minimum atomic E-state index is 0.0700. The van der Waals surface area contributed by atoms with Gasteiger partial charge >= 0.3 is 0 Å². The largest absolute Gasteiger partial charge is 0.396 e. The molecular formula is C16H24N2O2. The monoisotopic (exact) mass is 276 g/mol. The molecule has 2 rings (SSSR count). The highest BCUT2D eigenvalue weighted by Gasteiger charge is 2.27. The van der Waals surface area contributed by atoms with Crippen molar-refractivity contribution in [3.63, 3.8) is 0 Å². The van der Waals surface area contributed by atoms with Crippen molar-refractivity contribution in [3.05, 3.63) is 29.8 Å². The molecule has 1 saturated heterocycles. The summed E-state index contributed by atoms with van der Waals surface area (Å²) in [6.07, 6.45) is 3.12. The minimum Gasteiger partial charge on any atom is -0.396 e. The first-order valence-electron chi connectivity index (χ1n) is 7.49. The number of likely N-dealkylation sites (tertiary alicyclic amines) is 1. The van der Waals surface area contributed by atoms with E-state index in [0.29, 0.717) is 6.54 Å². The van der Waals surface area contributed by atoms with Gasteiger partial charge in [-0.2, -0.15) is 0 Å². The van der Waals surface area contributed by atoms with Gasteiger partial charge in [0.15, 0.2) is 0 Å². The summed E-state index contributed by atoms with van der Waals surface area (Å²) in [5, 5.41) is 12.5. The Morgan fingerprint density at radius 1 is 1.45 bits per heavy atom. The van der Waals surface area contributed by atoms with Gasteiger partial charge in [0.2, 0.25) is 0 Å². The van der Waals surface area contributed by atoms with Crippen molar-refractivity contribution < 1.29 is 9.90 Å². The van der Waals surface area contributed by atoms with Crippen LogP contribution in [0.15, 0.2) is 24.3 Å². The maximum absolute atomic E-state index is 12.6. The predicted molar refractivity (Wildman–Crippen MR) is 80.9 cm³/mol. The lowest BCUT2D eigenvalue weighted by Crippen LogP contribution is -2.29. The number of benzene rings is 1. The number of carbonyl (C=O) groups excluding carboxylic acids is 1. The van der Waals surface area contributed by atoms with E-state index < -0.39 is 0 Å². The third-order valence-corrected chi connectivity index (χ3v) is 3.83. The lowest BCUT2D eigenvalue weighted by Gasteiger charge is -2.19. The number of aliphatic hydroxyl groups excluding tert-OH is 1. The summed E-state index contributed by atoms with van der Waals surface area (Å²) in [7, 11) is 0. The molecule has 1 amide bonds. The average Bonchev–Trinajstić information content (AvgIpc) is 2.96. The van der Waals surface area contributed by atoms with Crippen molar-refractivity contribution >= 4 is 11.6 Å². The van der Waals surface area contributed by atoms with Crippen LogP contribution in [0.25, 0.3) is 0 Å². The molecule has 1 aromatic rings. The third kappa shape index (κ3) is 3.51. The molecule has 1 aliphatic heterocycles. The van der Waals surface area contributed by atoms with Crippen LogP contribution in [0, 0.1) is 5.92 Å². The standard InChI is InChI=1S/C16H24N2O2/c1-2-3-9-17-15-7-5-4-6-14(15)16(20)18-10-8-13(11-18)12-19/h4-7,13,17,19H,2-3,8-12H2,1H3. The molecule has 0 aliphatic carbocycles. The fourth-order valence-electron chi connectivity index (χ4n) is 2.56. The normalized spacial score (nSPS) is 18.3. The van der Waals surface area contributed by atoms with Crippen molar-refractivity contribution in [2.24, 2.45) is 5.92 Å². The van der Waals surface area contributed by atoms with E-state index in [1.54, 1.807) is 0 Å². The molecule has 0 saturated carbocycles. The summed E-state index contributed by atoms with van der Waals surface area (Å²) in [6.45, 7) is 4.62. The minimum absolute atomic E-state index is 0.0700. The number of carbonyl (C=O) groups is 1. The van der Waals surface area contributed by atoms with Crippen molar-refractivity contribution in [2.45, 2.75) is 26.2 Å². The van der Waals surface area contributed by atoms with E-state index in [-0.39, 0.29) is 18.4 Å². The molecule has 1 atom stereocenters. The SMILES string of the molecule is CCCCNc1ccccc1C(=O)N1CCC(CO)C1. The number of rotatable bonds is 6. The highest BCUT2D eigenvalue weighted by Crippen LogP contribution is 2.22. The zero-order chi connectivity index (χ0) is 14.4. The lowest BCUT2D eigenvalue weighted by atomic mass is 10.1. The first-order valence-corrected chi connectivity index (χ1v) is 7.49. The van der Waals surface area contributed by atoms with Gasteiger partial charge in [-0.3, -0.25) is 4.79 Å². The number of nitrogens with one attached hydrogen (secondary N) is 1. The molecule has 4 heteroatoms. The van der Waals surface area contributed by atoms with E-state index in [2.05, 4.69) is 12.2 Å². The van der Waals surface area contributed by atoms with E-state index in [4.69, 9.17) is 0 Å². The number of nitrogens with zero attached hydrogens (tertiary/aromatic N) is 1. The molecule has 1 aliphatic rings. The molecule has 1 unspecified atom stereocenters. The van der Waals surface area contributed by atoms with Gasteiger partial charge in [-0.25, -0.2) is 0 Å². The number of hydrogen-bond donors (Lipinski definition) is 2. The zero-order valence-corrected chi connectivity index (χ0v) is 12.1. The van der Waals surface area contributed by atoms with Crippen LogP contribution in [-0.2, 0) is 0 Å². The van der Waals surface area contributed by atoms with E-state index in [9.17, 15) is 9.90 Å². The number of para-hydroxylation sites is 1. The van der Waals surface area contributed by atoms with Crippen LogP contribution in [-0.4, -0.2) is 42.2 Å². The summed E-state index contributed by atoms with van der Waals surface area (Å²) in [6, 6.07) is 7.69. The van der Waals surface area contributed by atoms with Gasteiger partial charge in [0, 0.05) is 37.8 Å². The smallest absolute Gasteiger partial charge is 0.255 e. The Morgan fingerprint density at radius 3 is 2.95 bits per heavy atom. The Labute approximate surface area is 120 Å². The van der Waals surface area contributed by atoms with Gasteiger partial charge in [-0.15, -0.1) is 0 Å². The molecule has 1 heterocycles. The van der Waals surface area contributed by atoms with Crippen LogP contribution in [0.1, 0.15) is 36.5 Å². The van der Waals surface area contributed by atoms with Crippen LogP contribution < -0.4 is 5.32 Å². The van der Waals surface area contributed by atoms with Crippen molar-refractivity contribution in [1.29, 1.82) is 0 Å². The third-order valence-electron chi connectivity index (χ3n) is 3.83. The number of hydrogen-bond acceptors (Lipinski definition) is 3. The van der Waals surface area contributed by atoms with Gasteiger partial charge in [0.05, 0.1) is 5.56 Å². The second-order valence-electron chi connectivity index (χ2n) is 5.41. The van der Waals surface area contributed by atoms with Crippen LogP contribution in [0.2, 0.25) is 0 Å². The highest BCUT2D eigenvalue weighted by atomic mass is 16.3. The second-order valence-corrected chi connectivity index (χ2v) is 5.41. The Bertz CT molecular complexity index is 448. The fourth-order valence-corrected chi connectivity index (χ4v) is 2.56. The molecule has 20 heavy (non-hydrogen) atoms. The summed E-state index contributed by atoms with van der Waals surface area (Å²) < 4.78 is 0. The molecular weight excluding hydrogens is 252 g/mol. The first-order chi connectivity index (χ1) is 9.76. The molecule has 0 aromatic heterocycles. The molecule has 1 fully saturated rings. The quantitative estimate of drug-likeness (QED) is 0.784. The maximum atomic E-state index is 12.6. The first kappa shape index (κ1) is 14.9. The van der Waals surface area contributed by atoms with E-state index in [0.717, 1.165) is 43.6 Å². The number of aliphatic hydroxyl groups is 1. The zero-order valence-electron chi connectivity index (χ0n) is 12.1. The molecule has 2 N–H and O–H groups in total. The van der Waals surface area contributed by atoms with Crippen molar-refractivity contribution in [3.8, 4) is 0 Å². The Kier molecular flexibility index (Phi) is 5.41. The second kappa shape index (κ2) is 7.29. The van der Waals surface area contributed by atoms with Gasteiger partial charge < -0.3 is 15.3 Å². The molecule has 0 spiro atoms. The van der Waals surface area contributed by atoms with Crippen LogP contribution in [0.4, 0.5) is 5.69 Å². The van der Waals surface area contributed by atoms with Crippen molar-refractivity contribution in [2.75, 3.05) is 31.6 Å². The van der Waals surface area contributed by atoms with Gasteiger partial charge in [-0.05, 0) is 25.0 Å². The topological polar surface area (TPSA) is 52.6 Å². The van der Waals surface area contributed by atoms with Gasteiger partial charge in [0.25, 0.3) is 5.91 Å². The number of unbranched alkanes of at least 4 members (excludes halogenated alkanes) is 1. The lowest BCUT2D eigenvalue weighted by molar-refractivity contribution is 0.0783. The summed E-state index contributed by atoms with van der Waals surface area (Å²) >= 11 is 0. The van der Waals surface area contributed by atoms with E-state index in [1.807, 2.05) is 29.2 Å². The van der Waals surface area contributed by atoms with Gasteiger partial charge in [0.1, 0.15) is 0 Å². The van der Waals surface area contributed by atoms with Crippen LogP contribution >= 0.6 is 0 Å². The average molecular weight is 276 g/mol. The number of amides is 1. The van der Waals surface area contributed by atoms with Crippen LogP contribution in [0.3, 0.4) is 0 Å². The van der Waals surface area contributed by atoms with E-state index in [1.165, 1.54) is 0 Å². The Hall–Kier alpha value is -1.55. The molecule has 4 nitrogen and oxygen atoms in total. The Balaban J connectivity index is 2.05. The predicted octanol–water partition coefficient (Wildman–Crippen LogP) is 2.35. The molecule has 110 valence electrons. The van der Waals surface area contributed by atoms with Gasteiger partial charge in [-0.1, -0.05) is 25.5 Å². The van der Waals surface area contributed by atoms with Crippen LogP contribution in [0.5, 0.6) is 0 Å². The van der Waals surface area contributed by atoms with E-state index >= 15 is 0 Å². The fraction of sp³-hybridized carbons (Fsp3) is 0.562. The maximum Gasteiger partial charge on any atom is 0.255 e. The highest BCUT2D eigenvalue weighted by molar-refractivity contribution is 5.99. The molecule has 0 bridgehead atoms. The number of anilines is 1. The molecule has 0 radical (unpaired) electrons. The summed E-state index contributed by atoms with van der Waals surface area (Å²) in [4.78, 5) is 14.4. The summed E-state index contributed by atoms with van der Waals surface area (Å²) in [5.74, 6) is 0.305. The summed E-state index contributed by atoms with van der Waals surface area (Å²) in [5.41, 5.74) is 1.65.